The Bertz CT molecular complexity index is 978. The van der Waals surface area contributed by atoms with Crippen molar-refractivity contribution in [2.24, 2.45) is 7.05 Å². The summed E-state index contributed by atoms with van der Waals surface area (Å²) in [5, 5.41) is 13.4. The van der Waals surface area contributed by atoms with Crippen molar-refractivity contribution < 1.29 is 9.90 Å². The number of carbonyl (C=O) groups is 1. The maximum atomic E-state index is 12.3. The number of anilines is 1. The number of thioether (sulfide) groups is 1. The van der Waals surface area contributed by atoms with Crippen molar-refractivity contribution in [2.75, 3.05) is 11.1 Å². The van der Waals surface area contributed by atoms with Gasteiger partial charge in [-0.25, -0.2) is 4.98 Å². The Kier molecular flexibility index (Phi) is 4.59. The smallest absolute Gasteiger partial charge is 0.262 e. The molecule has 0 bridgehead atoms. The van der Waals surface area contributed by atoms with Crippen LogP contribution in [0.3, 0.4) is 0 Å². The molecule has 2 heterocycles. The average Bonchev–Trinajstić information content (AvgIpc) is 2.92. The van der Waals surface area contributed by atoms with Crippen LogP contribution in [0.2, 0.25) is 0 Å². The number of aromatic nitrogens is 2. The van der Waals surface area contributed by atoms with Gasteiger partial charge in [0.15, 0.2) is 5.16 Å². The lowest BCUT2D eigenvalue weighted by Gasteiger charge is -2.08. The number of para-hydroxylation sites is 2. The number of amides is 1. The summed E-state index contributed by atoms with van der Waals surface area (Å²) in [5.74, 6) is -0.181. The largest absolute Gasteiger partial charge is 0.506 e. The topological polar surface area (TPSA) is 84.2 Å². The van der Waals surface area contributed by atoms with Gasteiger partial charge in [-0.1, -0.05) is 23.9 Å². The summed E-state index contributed by atoms with van der Waals surface area (Å²) in [6.07, 6.45) is 0. The molecule has 0 aliphatic carbocycles. The summed E-state index contributed by atoms with van der Waals surface area (Å²) in [4.78, 5) is 30.5. The van der Waals surface area contributed by atoms with E-state index in [1.165, 1.54) is 33.7 Å². The molecule has 0 saturated heterocycles. The van der Waals surface area contributed by atoms with E-state index in [0.29, 0.717) is 21.1 Å². The van der Waals surface area contributed by atoms with Crippen molar-refractivity contribution in [3.63, 3.8) is 0 Å². The number of hydrogen-bond donors (Lipinski definition) is 2. The molecule has 24 heavy (non-hydrogen) atoms. The third kappa shape index (κ3) is 3.29. The molecule has 2 aromatic heterocycles. The van der Waals surface area contributed by atoms with Crippen molar-refractivity contribution in [2.45, 2.75) is 12.1 Å². The second kappa shape index (κ2) is 6.66. The van der Waals surface area contributed by atoms with Crippen LogP contribution in [0.1, 0.15) is 4.88 Å². The molecule has 124 valence electrons. The Labute approximate surface area is 146 Å². The molecule has 1 aromatic carbocycles. The Morgan fingerprint density at radius 2 is 2.17 bits per heavy atom. The van der Waals surface area contributed by atoms with E-state index < -0.39 is 0 Å². The van der Waals surface area contributed by atoms with Crippen LogP contribution < -0.4 is 10.9 Å². The molecule has 0 spiro atoms. The van der Waals surface area contributed by atoms with Gasteiger partial charge in [-0.3, -0.25) is 14.2 Å². The van der Waals surface area contributed by atoms with Crippen molar-refractivity contribution in [1.82, 2.24) is 9.55 Å². The fourth-order valence-electron chi connectivity index (χ4n) is 2.19. The zero-order chi connectivity index (χ0) is 17.3. The highest BCUT2D eigenvalue weighted by Crippen LogP contribution is 2.25. The van der Waals surface area contributed by atoms with E-state index >= 15 is 0 Å². The van der Waals surface area contributed by atoms with Crippen molar-refractivity contribution in [3.05, 3.63) is 45.6 Å². The average molecular weight is 361 g/mol. The van der Waals surface area contributed by atoms with Crippen LogP contribution in [0, 0.1) is 6.92 Å². The Hall–Kier alpha value is -2.32. The van der Waals surface area contributed by atoms with Crippen LogP contribution in [-0.4, -0.2) is 26.3 Å². The normalized spacial score (nSPS) is 10.9. The first-order valence-corrected chi connectivity index (χ1v) is 8.93. The Morgan fingerprint density at radius 1 is 1.42 bits per heavy atom. The summed E-state index contributed by atoms with van der Waals surface area (Å²) >= 11 is 2.64. The monoisotopic (exact) mass is 361 g/mol. The minimum Gasteiger partial charge on any atom is -0.506 e. The van der Waals surface area contributed by atoms with E-state index in [1.807, 2.05) is 13.0 Å². The van der Waals surface area contributed by atoms with Gasteiger partial charge in [0, 0.05) is 11.9 Å². The quantitative estimate of drug-likeness (QED) is 0.424. The van der Waals surface area contributed by atoms with Gasteiger partial charge in [0.2, 0.25) is 5.91 Å². The van der Waals surface area contributed by atoms with E-state index in [4.69, 9.17) is 0 Å². The van der Waals surface area contributed by atoms with Gasteiger partial charge in [0.25, 0.3) is 5.56 Å². The number of phenolic OH excluding ortho intramolecular Hbond substituents is 1. The van der Waals surface area contributed by atoms with Crippen molar-refractivity contribution in [1.29, 1.82) is 0 Å². The molecule has 0 aliphatic rings. The number of rotatable bonds is 4. The maximum absolute atomic E-state index is 12.3. The molecule has 8 heteroatoms. The summed E-state index contributed by atoms with van der Waals surface area (Å²) in [6.45, 7) is 1.93. The fourth-order valence-corrected chi connectivity index (χ4v) is 3.89. The molecule has 0 radical (unpaired) electrons. The zero-order valence-electron chi connectivity index (χ0n) is 13.1. The van der Waals surface area contributed by atoms with Gasteiger partial charge >= 0.3 is 0 Å². The van der Waals surface area contributed by atoms with Gasteiger partial charge in [0.1, 0.15) is 10.6 Å². The summed E-state index contributed by atoms with van der Waals surface area (Å²) in [7, 11) is 1.64. The first-order chi connectivity index (χ1) is 11.5. The van der Waals surface area contributed by atoms with Gasteiger partial charge in [0.05, 0.1) is 16.8 Å². The van der Waals surface area contributed by atoms with E-state index in [9.17, 15) is 14.7 Å². The molecule has 0 atom stereocenters. The highest BCUT2D eigenvalue weighted by molar-refractivity contribution is 7.99. The minimum atomic E-state index is -0.279. The van der Waals surface area contributed by atoms with Crippen molar-refractivity contribution >= 4 is 44.9 Å². The number of nitrogens with zero attached hydrogens (tertiary/aromatic N) is 2. The number of thiophene rings is 1. The molecule has 3 rings (SSSR count). The van der Waals surface area contributed by atoms with Crippen LogP contribution >= 0.6 is 23.1 Å². The van der Waals surface area contributed by atoms with Gasteiger partial charge in [-0.2, -0.15) is 0 Å². The number of aryl methyl sites for hydroxylation is 1. The minimum absolute atomic E-state index is 0.0110. The first kappa shape index (κ1) is 16.5. The third-order valence-corrected chi connectivity index (χ3v) is 5.34. The fraction of sp³-hybridized carbons (Fsp3) is 0.188. The Balaban J connectivity index is 1.76. The third-order valence-electron chi connectivity index (χ3n) is 3.37. The molecule has 0 fully saturated rings. The predicted octanol–water partition coefficient (Wildman–Crippen LogP) is 2.74. The SMILES string of the molecule is Cc1cc2c(=O)n(C)c(SCC(=O)Nc3ccccc3O)nc2s1. The first-order valence-electron chi connectivity index (χ1n) is 7.13. The van der Waals surface area contributed by atoms with Crippen molar-refractivity contribution in [3.8, 4) is 5.75 Å². The molecular formula is C16H15N3O3S2. The molecule has 6 nitrogen and oxygen atoms in total. The van der Waals surface area contributed by atoms with E-state index in [2.05, 4.69) is 10.3 Å². The number of phenols is 1. The number of aromatic hydroxyl groups is 1. The number of fused-ring (bicyclic) bond motifs is 1. The number of hydrogen-bond acceptors (Lipinski definition) is 6. The standard InChI is InChI=1S/C16H15N3O3S2/c1-9-7-10-14(24-9)18-16(19(2)15(10)22)23-8-13(21)17-11-5-3-4-6-12(11)20/h3-7,20H,8H2,1-2H3,(H,17,21). The lowest BCUT2D eigenvalue weighted by molar-refractivity contribution is -0.113. The molecule has 3 aromatic rings. The van der Waals surface area contributed by atoms with E-state index in [1.54, 1.807) is 25.2 Å². The lowest BCUT2D eigenvalue weighted by atomic mass is 10.3. The molecule has 0 unspecified atom stereocenters. The molecule has 2 N–H and O–H groups in total. The van der Waals surface area contributed by atoms with Crippen LogP contribution in [0.4, 0.5) is 5.69 Å². The Morgan fingerprint density at radius 3 is 2.92 bits per heavy atom. The maximum Gasteiger partial charge on any atom is 0.262 e. The van der Waals surface area contributed by atoms with Crippen LogP contribution in [0.15, 0.2) is 40.3 Å². The molecule has 0 aliphatic heterocycles. The number of benzene rings is 1. The summed E-state index contributed by atoms with van der Waals surface area (Å²) in [5.41, 5.74) is 0.238. The molecule has 1 amide bonds. The molecular weight excluding hydrogens is 346 g/mol. The predicted molar refractivity (Wildman–Crippen MR) is 97.1 cm³/mol. The van der Waals surface area contributed by atoms with Crippen LogP contribution in [0.25, 0.3) is 10.2 Å². The number of carbonyl (C=O) groups excluding carboxylic acids is 1. The van der Waals surface area contributed by atoms with E-state index in [0.717, 1.165) is 4.88 Å². The summed E-state index contributed by atoms with van der Waals surface area (Å²) < 4.78 is 1.45. The number of nitrogens with one attached hydrogen (secondary N) is 1. The highest BCUT2D eigenvalue weighted by atomic mass is 32.2. The molecule has 0 saturated carbocycles. The van der Waals surface area contributed by atoms with Crippen LogP contribution in [0.5, 0.6) is 5.75 Å². The van der Waals surface area contributed by atoms with E-state index in [-0.39, 0.29) is 23.0 Å². The van der Waals surface area contributed by atoms with Gasteiger partial charge in [-0.15, -0.1) is 11.3 Å². The van der Waals surface area contributed by atoms with Gasteiger partial charge in [-0.05, 0) is 25.1 Å². The zero-order valence-corrected chi connectivity index (χ0v) is 14.7. The second-order valence-electron chi connectivity index (χ2n) is 5.19. The second-order valence-corrected chi connectivity index (χ2v) is 7.37. The van der Waals surface area contributed by atoms with Crippen LogP contribution in [-0.2, 0) is 11.8 Å². The summed E-state index contributed by atoms with van der Waals surface area (Å²) in [6, 6.07) is 8.35. The highest BCUT2D eigenvalue weighted by Gasteiger charge is 2.13. The lowest BCUT2D eigenvalue weighted by Crippen LogP contribution is -2.20. The van der Waals surface area contributed by atoms with Gasteiger partial charge < -0.3 is 10.4 Å².